The number of nitrogens with one attached hydrogen (secondary N) is 1. The lowest BCUT2D eigenvalue weighted by atomic mass is 9.92. The van der Waals surface area contributed by atoms with Gasteiger partial charge in [-0.3, -0.25) is 9.59 Å². The van der Waals surface area contributed by atoms with Gasteiger partial charge in [0.25, 0.3) is 0 Å². The van der Waals surface area contributed by atoms with Crippen molar-refractivity contribution in [2.45, 2.75) is 66.0 Å². The van der Waals surface area contributed by atoms with Gasteiger partial charge in [-0.15, -0.1) is 0 Å². The molecule has 1 saturated heterocycles. The van der Waals surface area contributed by atoms with Gasteiger partial charge in [-0.1, -0.05) is 34.6 Å². The summed E-state index contributed by atoms with van der Waals surface area (Å²) >= 11 is 0. The van der Waals surface area contributed by atoms with Crippen molar-refractivity contribution in [2.75, 3.05) is 6.54 Å². The molecule has 2 fully saturated rings. The number of carbonyl (C=O) groups excluding carboxylic acids is 2. The minimum absolute atomic E-state index is 0.0227. The van der Waals surface area contributed by atoms with Crippen molar-refractivity contribution in [3.63, 3.8) is 0 Å². The summed E-state index contributed by atoms with van der Waals surface area (Å²) in [5, 5.41) is 2.93. The van der Waals surface area contributed by atoms with E-state index in [0.29, 0.717) is 5.92 Å². The lowest BCUT2D eigenvalue weighted by molar-refractivity contribution is -0.152. The van der Waals surface area contributed by atoms with Crippen molar-refractivity contribution >= 4 is 11.8 Å². The Labute approximate surface area is 122 Å². The van der Waals surface area contributed by atoms with Crippen LogP contribution in [-0.4, -0.2) is 35.3 Å². The minimum atomic E-state index is -0.333. The third kappa shape index (κ3) is 3.15. The average Bonchev–Trinajstić information content (AvgIpc) is 3.02. The largest absolute Gasteiger partial charge is 0.342 e. The van der Waals surface area contributed by atoms with Crippen LogP contribution in [0.15, 0.2) is 0 Å². The molecule has 0 aromatic rings. The molecule has 2 atom stereocenters. The normalized spacial score (nSPS) is 29.1. The van der Waals surface area contributed by atoms with Crippen LogP contribution in [0.3, 0.4) is 0 Å². The predicted molar refractivity (Wildman–Crippen MR) is 79.1 cm³/mol. The summed E-state index contributed by atoms with van der Waals surface area (Å²) in [4.78, 5) is 27.0. The molecule has 0 aromatic carbocycles. The number of piperazine rings is 1. The zero-order chi connectivity index (χ0) is 15.1. The van der Waals surface area contributed by atoms with E-state index in [1.807, 2.05) is 18.7 Å². The molecular formula is C16H28N2O2. The van der Waals surface area contributed by atoms with Gasteiger partial charge in [0.05, 0.1) is 0 Å². The first-order valence-corrected chi connectivity index (χ1v) is 7.84. The first-order valence-electron chi connectivity index (χ1n) is 7.84. The summed E-state index contributed by atoms with van der Waals surface area (Å²) in [5.74, 6) is 0.694. The summed E-state index contributed by atoms with van der Waals surface area (Å²) in [7, 11) is 0. The zero-order valence-electron chi connectivity index (χ0n) is 13.4. The molecule has 2 rings (SSSR count). The van der Waals surface area contributed by atoms with Crippen LogP contribution in [0.25, 0.3) is 0 Å². The van der Waals surface area contributed by atoms with Gasteiger partial charge in [0.1, 0.15) is 12.1 Å². The molecule has 4 heteroatoms. The molecule has 0 spiro atoms. The SMILES string of the molecule is CC(C)CC1NC(=O)C(C(C)C)N(CC2(C)CC2)C1=O. The third-order valence-corrected chi connectivity index (χ3v) is 4.50. The predicted octanol–water partition coefficient (Wildman–Crippen LogP) is 2.18. The topological polar surface area (TPSA) is 49.4 Å². The van der Waals surface area contributed by atoms with Crippen molar-refractivity contribution in [3.05, 3.63) is 0 Å². The molecular weight excluding hydrogens is 252 g/mol. The number of carbonyl (C=O) groups is 2. The molecule has 0 aromatic heterocycles. The fourth-order valence-electron chi connectivity index (χ4n) is 3.05. The van der Waals surface area contributed by atoms with E-state index < -0.39 is 0 Å². The molecule has 1 N–H and O–H groups in total. The number of hydrogen-bond acceptors (Lipinski definition) is 2. The van der Waals surface area contributed by atoms with Gasteiger partial charge < -0.3 is 10.2 Å². The van der Waals surface area contributed by atoms with Crippen molar-refractivity contribution in [1.82, 2.24) is 10.2 Å². The lowest BCUT2D eigenvalue weighted by Crippen LogP contribution is -2.65. The monoisotopic (exact) mass is 280 g/mol. The molecule has 1 aliphatic carbocycles. The Balaban J connectivity index is 2.19. The highest BCUT2D eigenvalue weighted by Crippen LogP contribution is 2.46. The van der Waals surface area contributed by atoms with Crippen LogP contribution < -0.4 is 5.32 Å². The van der Waals surface area contributed by atoms with Crippen molar-refractivity contribution < 1.29 is 9.59 Å². The molecule has 4 nitrogen and oxygen atoms in total. The number of rotatable bonds is 5. The molecule has 1 heterocycles. The van der Waals surface area contributed by atoms with E-state index in [-0.39, 0.29) is 35.2 Å². The first kappa shape index (κ1) is 15.3. The summed E-state index contributed by atoms with van der Waals surface area (Å²) < 4.78 is 0. The fraction of sp³-hybridized carbons (Fsp3) is 0.875. The zero-order valence-corrected chi connectivity index (χ0v) is 13.4. The molecule has 2 unspecified atom stereocenters. The molecule has 2 amide bonds. The van der Waals surface area contributed by atoms with Gasteiger partial charge >= 0.3 is 0 Å². The van der Waals surface area contributed by atoms with Crippen molar-refractivity contribution in [1.29, 1.82) is 0 Å². The average molecular weight is 280 g/mol. The Hall–Kier alpha value is -1.06. The Morgan fingerprint density at radius 3 is 2.30 bits per heavy atom. The van der Waals surface area contributed by atoms with Crippen molar-refractivity contribution in [3.8, 4) is 0 Å². The molecule has 20 heavy (non-hydrogen) atoms. The quantitative estimate of drug-likeness (QED) is 0.839. The van der Waals surface area contributed by atoms with E-state index in [1.165, 1.54) is 0 Å². The lowest BCUT2D eigenvalue weighted by Gasteiger charge is -2.42. The van der Waals surface area contributed by atoms with Gasteiger partial charge in [-0.25, -0.2) is 0 Å². The van der Waals surface area contributed by atoms with Gasteiger partial charge in [-0.05, 0) is 36.5 Å². The number of amides is 2. The van der Waals surface area contributed by atoms with E-state index in [4.69, 9.17) is 0 Å². The van der Waals surface area contributed by atoms with Crippen LogP contribution in [0.1, 0.15) is 53.9 Å². The molecule has 1 saturated carbocycles. The maximum absolute atomic E-state index is 12.7. The van der Waals surface area contributed by atoms with Gasteiger partial charge in [0, 0.05) is 6.54 Å². The van der Waals surface area contributed by atoms with Crippen LogP contribution in [0.2, 0.25) is 0 Å². The van der Waals surface area contributed by atoms with Gasteiger partial charge in [0.2, 0.25) is 11.8 Å². The number of nitrogens with zero attached hydrogens (tertiary/aromatic N) is 1. The van der Waals surface area contributed by atoms with Crippen molar-refractivity contribution in [2.24, 2.45) is 17.3 Å². The molecule has 0 radical (unpaired) electrons. The van der Waals surface area contributed by atoms with E-state index in [9.17, 15) is 9.59 Å². The smallest absolute Gasteiger partial charge is 0.245 e. The molecule has 1 aliphatic heterocycles. The summed E-state index contributed by atoms with van der Waals surface area (Å²) in [6.45, 7) is 11.1. The summed E-state index contributed by atoms with van der Waals surface area (Å²) in [6.07, 6.45) is 3.05. The van der Waals surface area contributed by atoms with E-state index >= 15 is 0 Å². The van der Waals surface area contributed by atoms with Crippen LogP contribution in [0.4, 0.5) is 0 Å². The van der Waals surface area contributed by atoms with E-state index in [1.54, 1.807) is 0 Å². The second-order valence-corrected chi connectivity index (χ2v) is 7.66. The maximum atomic E-state index is 12.7. The Kier molecular flexibility index (Phi) is 4.12. The second-order valence-electron chi connectivity index (χ2n) is 7.66. The summed E-state index contributed by atoms with van der Waals surface area (Å²) in [6, 6.07) is -0.636. The summed E-state index contributed by atoms with van der Waals surface area (Å²) in [5.41, 5.74) is 0.239. The highest BCUT2D eigenvalue weighted by atomic mass is 16.2. The van der Waals surface area contributed by atoms with E-state index in [2.05, 4.69) is 26.1 Å². The van der Waals surface area contributed by atoms with Gasteiger partial charge in [-0.2, -0.15) is 0 Å². The molecule has 0 bridgehead atoms. The maximum Gasteiger partial charge on any atom is 0.245 e. The third-order valence-electron chi connectivity index (χ3n) is 4.50. The van der Waals surface area contributed by atoms with Crippen LogP contribution in [0, 0.1) is 17.3 Å². The number of hydrogen-bond donors (Lipinski definition) is 1. The highest BCUT2D eigenvalue weighted by molar-refractivity contribution is 5.97. The second kappa shape index (κ2) is 5.38. The van der Waals surface area contributed by atoms with Gasteiger partial charge in [0.15, 0.2) is 0 Å². The fourth-order valence-corrected chi connectivity index (χ4v) is 3.05. The van der Waals surface area contributed by atoms with E-state index in [0.717, 1.165) is 25.8 Å². The van der Waals surface area contributed by atoms with Crippen LogP contribution in [0.5, 0.6) is 0 Å². The minimum Gasteiger partial charge on any atom is -0.342 e. The molecule has 2 aliphatic rings. The highest BCUT2D eigenvalue weighted by Gasteiger charge is 2.47. The van der Waals surface area contributed by atoms with Crippen LogP contribution >= 0.6 is 0 Å². The Morgan fingerprint density at radius 2 is 1.85 bits per heavy atom. The molecule has 114 valence electrons. The Bertz CT molecular complexity index is 399. The first-order chi connectivity index (χ1) is 9.23. The Morgan fingerprint density at radius 1 is 1.25 bits per heavy atom. The van der Waals surface area contributed by atoms with Crippen LogP contribution in [-0.2, 0) is 9.59 Å². The standard InChI is InChI=1S/C16H28N2O2/c1-10(2)8-12-15(20)18(9-16(5)6-7-16)13(11(3)4)14(19)17-12/h10-13H,6-9H2,1-5H3,(H,17,19).